The largest absolute Gasteiger partial charge is 0.320 e. The zero-order chi connectivity index (χ0) is 24.9. The number of rotatable bonds is 6. The van der Waals surface area contributed by atoms with Gasteiger partial charge >= 0.3 is 6.03 Å². The van der Waals surface area contributed by atoms with E-state index in [4.69, 9.17) is 0 Å². The fraction of sp³-hybridized carbons (Fsp3) is 0.250. The van der Waals surface area contributed by atoms with E-state index in [1.54, 1.807) is 29.2 Å². The number of nitrogens with zero attached hydrogens (tertiary/aromatic N) is 2. The van der Waals surface area contributed by atoms with E-state index in [-0.39, 0.29) is 6.04 Å². The molecule has 0 saturated heterocycles. The highest BCUT2D eigenvalue weighted by Crippen LogP contribution is 2.39. The van der Waals surface area contributed by atoms with Crippen molar-refractivity contribution < 1.29 is 14.4 Å². The molecule has 0 saturated carbocycles. The highest BCUT2D eigenvalue weighted by molar-refractivity contribution is 6.24. The molecule has 1 heterocycles. The lowest BCUT2D eigenvalue weighted by Gasteiger charge is -2.32. The van der Waals surface area contributed by atoms with Gasteiger partial charge in [-0.25, -0.2) is 4.79 Å². The van der Waals surface area contributed by atoms with Crippen LogP contribution < -0.4 is 20.4 Å². The molecule has 3 aromatic carbocycles. The first-order valence-electron chi connectivity index (χ1n) is 11.8. The molecule has 180 valence electrons. The van der Waals surface area contributed by atoms with Crippen molar-refractivity contribution in [3.8, 4) is 0 Å². The summed E-state index contributed by atoms with van der Waals surface area (Å²) in [6.07, 6.45) is 0.739. The molecule has 0 aromatic heterocycles. The van der Waals surface area contributed by atoms with Crippen molar-refractivity contribution in [3.63, 3.8) is 0 Å². The molecule has 0 radical (unpaired) electrons. The number of hydrogen-bond donors (Lipinski definition) is 2. The highest BCUT2D eigenvalue weighted by atomic mass is 16.2. The number of urea groups is 1. The minimum Gasteiger partial charge on any atom is -0.318 e. The zero-order valence-corrected chi connectivity index (χ0v) is 20.1. The zero-order valence-electron chi connectivity index (χ0n) is 20.1. The quantitative estimate of drug-likeness (QED) is 0.478. The van der Waals surface area contributed by atoms with Crippen molar-refractivity contribution in [3.05, 3.63) is 84.9 Å². The van der Waals surface area contributed by atoms with E-state index in [0.717, 1.165) is 6.42 Å². The Morgan fingerprint density at radius 2 is 1.37 bits per heavy atom. The molecule has 1 aliphatic rings. The second-order valence-electron chi connectivity index (χ2n) is 9.08. The molecule has 0 fully saturated rings. The van der Waals surface area contributed by atoms with Crippen LogP contribution in [0.2, 0.25) is 0 Å². The molecule has 2 N–H and O–H groups in total. The van der Waals surface area contributed by atoms with Gasteiger partial charge < -0.3 is 15.5 Å². The third-order valence-corrected chi connectivity index (χ3v) is 5.91. The van der Waals surface area contributed by atoms with Crippen LogP contribution >= 0.6 is 0 Å². The Balaban J connectivity index is 1.78. The fourth-order valence-corrected chi connectivity index (χ4v) is 4.50. The summed E-state index contributed by atoms with van der Waals surface area (Å²) in [5.41, 5.74) is 2.41. The summed E-state index contributed by atoms with van der Waals surface area (Å²) in [5, 5.41) is 5.36. The van der Waals surface area contributed by atoms with Crippen LogP contribution in [-0.2, 0) is 9.59 Å². The summed E-state index contributed by atoms with van der Waals surface area (Å²) in [6, 6.07) is 23.2. The normalized spacial score (nSPS) is 16.5. The average Bonchev–Trinajstić information content (AvgIpc) is 2.92. The first-order valence-corrected chi connectivity index (χ1v) is 11.8. The number of benzene rings is 3. The Bertz CT molecular complexity index is 1200. The van der Waals surface area contributed by atoms with Gasteiger partial charge in [-0.05, 0) is 55.7 Å². The lowest BCUT2D eigenvalue weighted by molar-refractivity contribution is -0.128. The Labute approximate surface area is 205 Å². The molecule has 7 heteroatoms. The van der Waals surface area contributed by atoms with Gasteiger partial charge in [0, 0.05) is 17.4 Å². The maximum atomic E-state index is 13.9. The first kappa shape index (κ1) is 24.0. The molecule has 1 aliphatic heterocycles. The molecule has 4 rings (SSSR count). The summed E-state index contributed by atoms with van der Waals surface area (Å²) < 4.78 is 0. The third-order valence-electron chi connectivity index (χ3n) is 5.91. The number of nitrogens with one attached hydrogen (secondary N) is 2. The topological polar surface area (TPSA) is 81.8 Å². The Morgan fingerprint density at radius 3 is 2.00 bits per heavy atom. The SMILES string of the molecule is CC(C)CC(C)N1C(=O)C(NC(=O)Nc2ccccc2)C(=O)N(c2ccccc2)c2ccccc21. The molecule has 0 bridgehead atoms. The molecule has 2 unspecified atom stereocenters. The van der Waals surface area contributed by atoms with E-state index in [0.29, 0.717) is 28.7 Å². The molecular weight excluding hydrogens is 440 g/mol. The van der Waals surface area contributed by atoms with Crippen LogP contribution in [0.5, 0.6) is 0 Å². The summed E-state index contributed by atoms with van der Waals surface area (Å²) in [5.74, 6) is -0.643. The van der Waals surface area contributed by atoms with Crippen molar-refractivity contribution in [2.75, 3.05) is 15.1 Å². The molecule has 35 heavy (non-hydrogen) atoms. The van der Waals surface area contributed by atoms with E-state index in [9.17, 15) is 14.4 Å². The van der Waals surface area contributed by atoms with Crippen LogP contribution in [0.3, 0.4) is 0 Å². The van der Waals surface area contributed by atoms with Gasteiger partial charge in [0.25, 0.3) is 11.8 Å². The van der Waals surface area contributed by atoms with Crippen molar-refractivity contribution in [1.82, 2.24) is 5.32 Å². The van der Waals surface area contributed by atoms with Gasteiger partial charge in [-0.15, -0.1) is 0 Å². The van der Waals surface area contributed by atoms with E-state index in [1.807, 2.05) is 67.6 Å². The molecule has 3 aromatic rings. The third kappa shape index (κ3) is 5.19. The monoisotopic (exact) mass is 470 g/mol. The second-order valence-corrected chi connectivity index (χ2v) is 9.08. The molecule has 0 aliphatic carbocycles. The summed E-state index contributed by atoms with van der Waals surface area (Å²) in [4.78, 5) is 43.9. The number of carbonyl (C=O) groups excluding carboxylic acids is 3. The highest BCUT2D eigenvalue weighted by Gasteiger charge is 2.43. The molecule has 0 spiro atoms. The van der Waals surface area contributed by atoms with E-state index < -0.39 is 23.9 Å². The van der Waals surface area contributed by atoms with Crippen molar-refractivity contribution in [2.24, 2.45) is 5.92 Å². The lowest BCUT2D eigenvalue weighted by atomic mass is 10.0. The van der Waals surface area contributed by atoms with Crippen LogP contribution in [0.15, 0.2) is 84.9 Å². The van der Waals surface area contributed by atoms with Crippen LogP contribution in [0.25, 0.3) is 0 Å². The van der Waals surface area contributed by atoms with Crippen molar-refractivity contribution >= 4 is 40.6 Å². The minimum absolute atomic E-state index is 0.186. The molecule has 7 nitrogen and oxygen atoms in total. The number of amides is 4. The van der Waals surface area contributed by atoms with Gasteiger partial charge in [-0.1, -0.05) is 62.4 Å². The Hall–Kier alpha value is -4.13. The van der Waals surface area contributed by atoms with Gasteiger partial charge in [0.2, 0.25) is 0 Å². The van der Waals surface area contributed by atoms with E-state index >= 15 is 0 Å². The molecule has 4 amide bonds. The lowest BCUT2D eigenvalue weighted by Crippen LogP contribution is -2.57. The van der Waals surface area contributed by atoms with Gasteiger partial charge in [-0.2, -0.15) is 0 Å². The smallest absolute Gasteiger partial charge is 0.318 e. The van der Waals surface area contributed by atoms with Crippen LogP contribution in [-0.4, -0.2) is 29.9 Å². The van der Waals surface area contributed by atoms with Gasteiger partial charge in [-0.3, -0.25) is 14.5 Å². The van der Waals surface area contributed by atoms with Crippen LogP contribution in [0, 0.1) is 5.92 Å². The van der Waals surface area contributed by atoms with Gasteiger partial charge in [0.15, 0.2) is 6.04 Å². The Kier molecular flexibility index (Phi) is 7.15. The number of anilines is 4. The summed E-state index contributed by atoms with van der Waals surface area (Å²) in [6.45, 7) is 6.16. The molecular formula is C28H30N4O3. The predicted octanol–water partition coefficient (Wildman–Crippen LogP) is 5.32. The summed E-state index contributed by atoms with van der Waals surface area (Å²) in [7, 11) is 0. The fourth-order valence-electron chi connectivity index (χ4n) is 4.50. The number of carbonyl (C=O) groups is 3. The standard InChI is InChI=1S/C28H30N4O3/c1-19(2)18-20(3)31-23-16-10-11-17-24(23)32(22-14-8-5-9-15-22)27(34)25(26(31)33)30-28(35)29-21-12-6-4-7-13-21/h4-17,19-20,25H,18H2,1-3H3,(H2,29,30,35). The second kappa shape index (κ2) is 10.4. The van der Waals surface area contributed by atoms with Gasteiger partial charge in [0.1, 0.15) is 0 Å². The minimum atomic E-state index is -1.40. The maximum absolute atomic E-state index is 13.9. The van der Waals surface area contributed by atoms with Crippen molar-refractivity contribution in [1.29, 1.82) is 0 Å². The maximum Gasteiger partial charge on any atom is 0.320 e. The first-order chi connectivity index (χ1) is 16.9. The number of para-hydroxylation sites is 4. The Morgan fingerprint density at radius 1 is 0.800 bits per heavy atom. The average molecular weight is 471 g/mol. The predicted molar refractivity (Wildman–Crippen MR) is 139 cm³/mol. The summed E-state index contributed by atoms with van der Waals surface area (Å²) >= 11 is 0. The van der Waals surface area contributed by atoms with Gasteiger partial charge in [0.05, 0.1) is 11.4 Å². The molecule has 2 atom stereocenters. The number of fused-ring (bicyclic) bond motifs is 1. The van der Waals surface area contributed by atoms with Crippen LogP contribution in [0.1, 0.15) is 27.2 Å². The van der Waals surface area contributed by atoms with Crippen molar-refractivity contribution in [2.45, 2.75) is 39.3 Å². The number of hydrogen-bond acceptors (Lipinski definition) is 3. The van der Waals surface area contributed by atoms with E-state index in [1.165, 1.54) is 4.90 Å². The van der Waals surface area contributed by atoms with Crippen LogP contribution in [0.4, 0.5) is 27.5 Å². The van der Waals surface area contributed by atoms with E-state index in [2.05, 4.69) is 24.5 Å².